The van der Waals surface area contributed by atoms with Crippen LogP contribution in [0.4, 0.5) is 0 Å². The number of hydrogen-bond acceptors (Lipinski definition) is 4. The first-order chi connectivity index (χ1) is 14.9. The summed E-state index contributed by atoms with van der Waals surface area (Å²) in [6, 6.07) is 7.36. The van der Waals surface area contributed by atoms with Crippen molar-refractivity contribution in [3.05, 3.63) is 40.9 Å². The Labute approximate surface area is 189 Å². The monoisotopic (exact) mass is 445 g/mol. The van der Waals surface area contributed by atoms with Gasteiger partial charge in [-0.1, -0.05) is 23.7 Å². The van der Waals surface area contributed by atoms with Crippen LogP contribution in [-0.4, -0.2) is 83.5 Å². The molecule has 1 aromatic carbocycles. The SMILES string of the molecule is O=C(C=Cc1cccc(Cl)c1)N1CCC(=O)N(CCCN2CCC3(CC3)C(O)C2)CC1. The molecule has 4 rings (SSSR count). The molecule has 1 atom stereocenters. The molecule has 0 radical (unpaired) electrons. The standard InChI is InChI=1S/C24H32ClN3O3/c25-20-4-1-3-19(17-20)5-6-22(30)28-13-7-23(31)27(15-16-28)12-2-11-26-14-10-24(8-9-24)21(29)18-26/h1,3-6,17,21,29H,2,7-16,18H2. The van der Waals surface area contributed by atoms with Crippen molar-refractivity contribution < 1.29 is 14.7 Å². The van der Waals surface area contributed by atoms with E-state index in [9.17, 15) is 14.7 Å². The first-order valence-corrected chi connectivity index (χ1v) is 11.7. The van der Waals surface area contributed by atoms with Gasteiger partial charge in [-0.05, 0) is 68.0 Å². The Bertz CT molecular complexity index is 839. The Morgan fingerprint density at radius 3 is 2.74 bits per heavy atom. The van der Waals surface area contributed by atoms with Crippen LogP contribution < -0.4 is 0 Å². The lowest BCUT2D eigenvalue weighted by Gasteiger charge is -2.36. The van der Waals surface area contributed by atoms with E-state index in [-0.39, 0.29) is 23.3 Å². The molecule has 0 bridgehead atoms. The van der Waals surface area contributed by atoms with E-state index in [1.54, 1.807) is 23.1 Å². The van der Waals surface area contributed by atoms with Gasteiger partial charge >= 0.3 is 0 Å². The molecule has 1 saturated carbocycles. The third kappa shape index (κ3) is 5.68. The van der Waals surface area contributed by atoms with E-state index in [2.05, 4.69) is 4.90 Å². The summed E-state index contributed by atoms with van der Waals surface area (Å²) in [5.74, 6) is 0.0377. The van der Waals surface area contributed by atoms with Gasteiger partial charge in [0.25, 0.3) is 0 Å². The summed E-state index contributed by atoms with van der Waals surface area (Å²) in [6.45, 7) is 4.99. The Hall–Kier alpha value is -1.89. The first-order valence-electron chi connectivity index (χ1n) is 11.4. The maximum atomic E-state index is 12.6. The molecule has 0 aromatic heterocycles. The highest BCUT2D eigenvalue weighted by Gasteiger charge is 2.50. The number of rotatable bonds is 6. The van der Waals surface area contributed by atoms with Crippen molar-refractivity contribution in [1.29, 1.82) is 0 Å². The topological polar surface area (TPSA) is 64.1 Å². The quantitative estimate of drug-likeness (QED) is 0.684. The summed E-state index contributed by atoms with van der Waals surface area (Å²) in [4.78, 5) is 31.1. The van der Waals surface area contributed by atoms with Crippen molar-refractivity contribution in [1.82, 2.24) is 14.7 Å². The fraction of sp³-hybridized carbons (Fsp3) is 0.583. The van der Waals surface area contributed by atoms with Crippen LogP contribution in [-0.2, 0) is 9.59 Å². The molecule has 168 valence electrons. The lowest BCUT2D eigenvalue weighted by Crippen LogP contribution is -2.46. The molecule has 31 heavy (non-hydrogen) atoms. The van der Waals surface area contributed by atoms with Crippen molar-refractivity contribution in [2.45, 2.75) is 38.2 Å². The third-order valence-corrected chi connectivity index (χ3v) is 7.26. The number of halogens is 1. The van der Waals surface area contributed by atoms with E-state index in [4.69, 9.17) is 11.6 Å². The van der Waals surface area contributed by atoms with Gasteiger partial charge in [0.1, 0.15) is 0 Å². The fourth-order valence-electron chi connectivity index (χ4n) is 4.72. The number of carbonyl (C=O) groups is 2. The zero-order valence-corrected chi connectivity index (χ0v) is 18.8. The van der Waals surface area contributed by atoms with Crippen molar-refractivity contribution in [3.63, 3.8) is 0 Å². The molecule has 1 aromatic rings. The maximum absolute atomic E-state index is 12.6. The zero-order valence-electron chi connectivity index (χ0n) is 18.0. The lowest BCUT2D eigenvalue weighted by molar-refractivity contribution is -0.130. The van der Waals surface area contributed by atoms with Gasteiger partial charge in [-0.3, -0.25) is 9.59 Å². The molecular weight excluding hydrogens is 414 g/mol. The number of aliphatic hydroxyl groups excluding tert-OH is 1. The number of hydrogen-bond donors (Lipinski definition) is 1. The molecule has 1 spiro atoms. The normalized spacial score (nSPS) is 24.1. The highest BCUT2D eigenvalue weighted by molar-refractivity contribution is 6.30. The minimum absolute atomic E-state index is 0.0778. The van der Waals surface area contributed by atoms with Crippen LogP contribution in [0.2, 0.25) is 5.02 Å². The number of piperidine rings is 1. The molecule has 2 saturated heterocycles. The number of β-amino-alcohol motifs (C(OH)–C–C–N with tert-alkyl or cyclic N) is 1. The minimum atomic E-state index is -0.194. The summed E-state index contributed by atoms with van der Waals surface area (Å²) in [6.07, 6.45) is 7.83. The second-order valence-electron chi connectivity index (χ2n) is 9.13. The van der Waals surface area contributed by atoms with E-state index in [1.807, 2.05) is 23.1 Å². The molecule has 1 N–H and O–H groups in total. The average molecular weight is 446 g/mol. The van der Waals surface area contributed by atoms with E-state index in [1.165, 1.54) is 12.8 Å². The molecule has 2 amide bonds. The summed E-state index contributed by atoms with van der Waals surface area (Å²) in [7, 11) is 0. The molecule has 7 heteroatoms. The summed E-state index contributed by atoms with van der Waals surface area (Å²) in [5.41, 5.74) is 1.11. The van der Waals surface area contributed by atoms with Gasteiger partial charge in [0.15, 0.2) is 0 Å². The van der Waals surface area contributed by atoms with E-state index in [0.29, 0.717) is 37.6 Å². The van der Waals surface area contributed by atoms with Gasteiger partial charge < -0.3 is 19.8 Å². The van der Waals surface area contributed by atoms with Crippen molar-refractivity contribution in [2.75, 3.05) is 45.8 Å². The Kier molecular flexibility index (Phi) is 6.99. The summed E-state index contributed by atoms with van der Waals surface area (Å²) in [5, 5.41) is 11.0. The molecule has 3 fully saturated rings. The van der Waals surface area contributed by atoms with Crippen LogP contribution in [0.5, 0.6) is 0 Å². The van der Waals surface area contributed by atoms with E-state index >= 15 is 0 Å². The van der Waals surface area contributed by atoms with Crippen LogP contribution in [0.1, 0.15) is 37.7 Å². The van der Waals surface area contributed by atoms with Gasteiger partial charge in [0, 0.05) is 50.2 Å². The maximum Gasteiger partial charge on any atom is 0.246 e. The van der Waals surface area contributed by atoms with Crippen LogP contribution >= 0.6 is 11.6 Å². The van der Waals surface area contributed by atoms with Crippen LogP contribution in [0, 0.1) is 5.41 Å². The molecular formula is C24H32ClN3O3. The van der Waals surface area contributed by atoms with E-state index < -0.39 is 0 Å². The smallest absolute Gasteiger partial charge is 0.246 e. The Balaban J connectivity index is 1.21. The van der Waals surface area contributed by atoms with Crippen molar-refractivity contribution in [2.24, 2.45) is 5.41 Å². The van der Waals surface area contributed by atoms with Gasteiger partial charge in [-0.25, -0.2) is 0 Å². The lowest BCUT2D eigenvalue weighted by atomic mass is 9.90. The molecule has 1 unspecified atom stereocenters. The highest BCUT2D eigenvalue weighted by atomic mass is 35.5. The largest absolute Gasteiger partial charge is 0.391 e. The predicted octanol–water partition coefficient (Wildman–Crippen LogP) is 2.65. The summed E-state index contributed by atoms with van der Waals surface area (Å²) >= 11 is 5.99. The molecule has 6 nitrogen and oxygen atoms in total. The number of benzene rings is 1. The second kappa shape index (κ2) is 9.72. The third-order valence-electron chi connectivity index (χ3n) is 7.03. The Morgan fingerprint density at radius 2 is 2.00 bits per heavy atom. The molecule has 2 heterocycles. The number of amides is 2. The number of aliphatic hydroxyl groups is 1. The summed E-state index contributed by atoms with van der Waals surface area (Å²) < 4.78 is 0. The fourth-order valence-corrected chi connectivity index (χ4v) is 4.91. The van der Waals surface area contributed by atoms with Crippen LogP contribution in [0.3, 0.4) is 0 Å². The number of nitrogens with zero attached hydrogens (tertiary/aromatic N) is 3. The second-order valence-corrected chi connectivity index (χ2v) is 9.56. The van der Waals surface area contributed by atoms with Crippen molar-refractivity contribution in [3.8, 4) is 0 Å². The Morgan fingerprint density at radius 1 is 1.16 bits per heavy atom. The zero-order chi connectivity index (χ0) is 21.8. The van der Waals surface area contributed by atoms with Gasteiger partial charge in [-0.15, -0.1) is 0 Å². The number of likely N-dealkylation sites (tertiary alicyclic amines) is 1. The van der Waals surface area contributed by atoms with E-state index in [0.717, 1.165) is 38.0 Å². The predicted molar refractivity (Wildman–Crippen MR) is 122 cm³/mol. The highest BCUT2D eigenvalue weighted by Crippen LogP contribution is 2.53. The first kappa shape index (κ1) is 22.3. The molecule has 2 aliphatic heterocycles. The van der Waals surface area contributed by atoms with Crippen molar-refractivity contribution >= 4 is 29.5 Å². The minimum Gasteiger partial charge on any atom is -0.391 e. The average Bonchev–Trinajstić information content (AvgIpc) is 3.55. The van der Waals surface area contributed by atoms with Crippen LogP contribution in [0.25, 0.3) is 6.08 Å². The van der Waals surface area contributed by atoms with Crippen LogP contribution in [0.15, 0.2) is 30.3 Å². The number of carbonyl (C=O) groups excluding carboxylic acids is 2. The van der Waals surface area contributed by atoms with Gasteiger partial charge in [0.2, 0.25) is 11.8 Å². The van der Waals surface area contributed by atoms with Gasteiger partial charge in [0.05, 0.1) is 6.10 Å². The van der Waals surface area contributed by atoms with Gasteiger partial charge in [-0.2, -0.15) is 0 Å². The molecule has 1 aliphatic carbocycles. The molecule has 3 aliphatic rings.